The molecule has 0 bridgehead atoms. The molecule has 14 heteroatoms. The van der Waals surface area contributed by atoms with E-state index in [1.807, 2.05) is 74.5 Å². The molecule has 0 aliphatic carbocycles. The smallest absolute Gasteiger partial charge is 0.326 e. The summed E-state index contributed by atoms with van der Waals surface area (Å²) in [6, 6.07) is 23.2. The Hall–Kier alpha value is -5.14. The molecule has 2 N–H and O–H groups in total. The van der Waals surface area contributed by atoms with Crippen LogP contribution in [0.25, 0.3) is 11.1 Å². The summed E-state index contributed by atoms with van der Waals surface area (Å²) in [7, 11) is -3.90. The van der Waals surface area contributed by atoms with Crippen molar-refractivity contribution in [3.05, 3.63) is 140 Å². The number of aliphatic carboxylic acids is 1. The van der Waals surface area contributed by atoms with Crippen molar-refractivity contribution in [3.63, 3.8) is 0 Å². The molecule has 11 nitrogen and oxygen atoms in total. The van der Waals surface area contributed by atoms with Crippen molar-refractivity contribution in [1.82, 2.24) is 14.6 Å². The monoisotopic (exact) mass is 815 g/mol. The van der Waals surface area contributed by atoms with E-state index in [1.54, 1.807) is 30.5 Å². The number of fused-ring (bicyclic) bond motifs is 2. The highest BCUT2D eigenvalue weighted by Crippen LogP contribution is 2.41. The Balaban J connectivity index is 1.02. The Morgan fingerprint density at radius 2 is 1.66 bits per heavy atom. The second-order valence-corrected chi connectivity index (χ2v) is 16.7. The SMILES string of the molecule is Cc1nccc(-c2ccc(C[C@H](NC(=O)[C@@H]3Cc4cc5c(cc4CN3S(C)(=O)=O)O[C@@H](c3ccc(OCc4ccc(Cl)c(Cl)c4)cc3)CO5)C(=O)O)cc2)c1C. The van der Waals surface area contributed by atoms with E-state index in [-0.39, 0.29) is 26.0 Å². The van der Waals surface area contributed by atoms with Gasteiger partial charge in [-0.05, 0) is 107 Å². The van der Waals surface area contributed by atoms with E-state index >= 15 is 0 Å². The van der Waals surface area contributed by atoms with Crippen LogP contribution in [0.1, 0.15) is 45.2 Å². The molecule has 0 unspecified atom stereocenters. The first-order valence-corrected chi connectivity index (χ1v) is 20.5. The van der Waals surface area contributed by atoms with Crippen molar-refractivity contribution >= 4 is 45.1 Å². The summed E-state index contributed by atoms with van der Waals surface area (Å²) < 4.78 is 45.6. The molecule has 0 fully saturated rings. The highest BCUT2D eigenvalue weighted by atomic mass is 35.5. The number of carboxylic acids is 1. The topological polar surface area (TPSA) is 144 Å². The van der Waals surface area contributed by atoms with Gasteiger partial charge in [-0.3, -0.25) is 9.78 Å². The lowest BCUT2D eigenvalue weighted by atomic mass is 9.93. The molecular weight excluding hydrogens is 777 g/mol. The third-order valence-corrected chi connectivity index (χ3v) is 12.1. The molecule has 2 aliphatic rings. The van der Waals surface area contributed by atoms with E-state index in [2.05, 4.69) is 10.3 Å². The van der Waals surface area contributed by atoms with Crippen LogP contribution in [0.15, 0.2) is 91.1 Å². The number of carboxylic acid groups (broad SMARTS) is 1. The Kier molecular flexibility index (Phi) is 11.3. The fourth-order valence-corrected chi connectivity index (χ4v) is 8.24. The maximum Gasteiger partial charge on any atom is 0.326 e. The number of carbonyl (C=O) groups is 2. The van der Waals surface area contributed by atoms with Crippen molar-refractivity contribution in [2.24, 2.45) is 0 Å². The van der Waals surface area contributed by atoms with Gasteiger partial charge in [-0.1, -0.05) is 65.7 Å². The van der Waals surface area contributed by atoms with E-state index in [1.165, 1.54) is 0 Å². The second kappa shape index (κ2) is 16.1. The van der Waals surface area contributed by atoms with E-state index < -0.39 is 40.1 Å². The first-order valence-electron chi connectivity index (χ1n) is 17.9. The van der Waals surface area contributed by atoms with Gasteiger partial charge in [-0.15, -0.1) is 0 Å². The fraction of sp³-hybridized carbons (Fsp3) is 0.262. The molecule has 3 heterocycles. The predicted octanol–water partition coefficient (Wildman–Crippen LogP) is 7.26. The molecule has 0 saturated carbocycles. The molecule has 1 amide bonds. The molecule has 0 spiro atoms. The summed E-state index contributed by atoms with van der Waals surface area (Å²) in [6.07, 6.45) is 2.37. The summed E-state index contributed by atoms with van der Waals surface area (Å²) in [5.41, 5.74) is 7.75. The number of rotatable bonds is 11. The van der Waals surface area contributed by atoms with Crippen molar-refractivity contribution < 1.29 is 37.3 Å². The molecule has 7 rings (SSSR count). The van der Waals surface area contributed by atoms with Gasteiger partial charge in [0.1, 0.15) is 31.0 Å². The number of nitrogens with zero attached hydrogens (tertiary/aromatic N) is 2. The summed E-state index contributed by atoms with van der Waals surface area (Å²) in [6.45, 7) is 4.36. The molecular formula is C42H39Cl2N3O8S. The Labute approximate surface area is 335 Å². The minimum absolute atomic E-state index is 0.00618. The predicted molar refractivity (Wildman–Crippen MR) is 213 cm³/mol. The van der Waals surface area contributed by atoms with Crippen LogP contribution in [0.3, 0.4) is 0 Å². The number of aryl methyl sites for hydroxylation is 1. The molecule has 1 aromatic heterocycles. The summed E-state index contributed by atoms with van der Waals surface area (Å²) >= 11 is 12.1. The number of nitrogens with one attached hydrogen (secondary N) is 1. The number of hydrogen-bond acceptors (Lipinski definition) is 8. The standard InChI is InChI=1S/C42H39Cl2N3O8S/c1-24-25(2)45-15-14-33(24)28-7-4-26(5-8-28)17-36(42(49)50)46-41(48)37-18-30-19-38-39(20-31(30)21-47(37)56(3,51)52)55-40(23-54-38)29-9-11-32(12-10-29)53-22-27-6-13-34(43)35(44)16-27/h4-16,19-20,36-37,40H,17-18,21-23H2,1-3H3,(H,46,48)(H,49,50)/t36-,37-,40+/m0/s1. The normalized spacial score (nSPS) is 17.1. The van der Waals surface area contributed by atoms with Crippen LogP contribution in [-0.4, -0.2) is 59.6 Å². The zero-order chi connectivity index (χ0) is 39.7. The van der Waals surface area contributed by atoms with Crippen molar-refractivity contribution in [2.45, 2.75) is 58.0 Å². The van der Waals surface area contributed by atoms with Crippen LogP contribution in [0.5, 0.6) is 17.2 Å². The number of carbonyl (C=O) groups excluding carboxylic acids is 1. The van der Waals surface area contributed by atoms with Crippen LogP contribution in [0.4, 0.5) is 0 Å². The van der Waals surface area contributed by atoms with Crippen LogP contribution < -0.4 is 19.5 Å². The van der Waals surface area contributed by atoms with Gasteiger partial charge >= 0.3 is 5.97 Å². The molecule has 0 saturated heterocycles. The van der Waals surface area contributed by atoms with E-state index in [9.17, 15) is 23.1 Å². The first kappa shape index (κ1) is 39.1. The van der Waals surface area contributed by atoms with Gasteiger partial charge in [0.2, 0.25) is 15.9 Å². The zero-order valence-electron chi connectivity index (χ0n) is 30.8. The number of aromatic nitrogens is 1. The van der Waals surface area contributed by atoms with E-state index in [0.29, 0.717) is 50.6 Å². The van der Waals surface area contributed by atoms with Crippen LogP contribution in [0.2, 0.25) is 10.0 Å². The van der Waals surface area contributed by atoms with E-state index in [0.717, 1.165) is 44.1 Å². The van der Waals surface area contributed by atoms with Gasteiger partial charge < -0.3 is 24.6 Å². The first-order chi connectivity index (χ1) is 26.7. The largest absolute Gasteiger partial charge is 0.489 e. The molecule has 2 aliphatic heterocycles. The lowest BCUT2D eigenvalue weighted by molar-refractivity contribution is -0.142. The molecule has 56 heavy (non-hydrogen) atoms. The molecule has 3 atom stereocenters. The van der Waals surface area contributed by atoms with Crippen molar-refractivity contribution in [1.29, 1.82) is 0 Å². The van der Waals surface area contributed by atoms with Crippen LogP contribution >= 0.6 is 23.2 Å². The zero-order valence-corrected chi connectivity index (χ0v) is 33.1. The summed E-state index contributed by atoms with van der Waals surface area (Å²) in [5.74, 6) is -0.363. The highest BCUT2D eigenvalue weighted by Gasteiger charge is 2.39. The Morgan fingerprint density at radius 1 is 0.946 bits per heavy atom. The summed E-state index contributed by atoms with van der Waals surface area (Å²) in [5, 5.41) is 13.6. The van der Waals surface area contributed by atoms with Gasteiger partial charge in [0, 0.05) is 24.9 Å². The maximum atomic E-state index is 13.8. The minimum atomic E-state index is -3.90. The Morgan fingerprint density at radius 3 is 2.36 bits per heavy atom. The lowest BCUT2D eigenvalue weighted by Crippen LogP contribution is -2.55. The highest BCUT2D eigenvalue weighted by molar-refractivity contribution is 7.88. The number of ether oxygens (including phenoxy) is 3. The molecule has 4 aromatic carbocycles. The van der Waals surface area contributed by atoms with Gasteiger partial charge in [0.15, 0.2) is 17.6 Å². The quantitative estimate of drug-likeness (QED) is 0.141. The molecule has 0 radical (unpaired) electrons. The number of benzene rings is 4. The number of halogens is 2. The lowest BCUT2D eigenvalue weighted by Gasteiger charge is -2.36. The summed E-state index contributed by atoms with van der Waals surface area (Å²) in [4.78, 5) is 30.5. The number of sulfonamides is 1. The average Bonchev–Trinajstić information content (AvgIpc) is 3.17. The van der Waals surface area contributed by atoms with Crippen LogP contribution in [-0.2, 0) is 45.6 Å². The third-order valence-electron chi connectivity index (χ3n) is 10.2. The van der Waals surface area contributed by atoms with Gasteiger partial charge in [-0.25, -0.2) is 13.2 Å². The molecule has 5 aromatic rings. The van der Waals surface area contributed by atoms with Crippen LogP contribution in [0, 0.1) is 13.8 Å². The second-order valence-electron chi connectivity index (χ2n) is 14.0. The maximum absolute atomic E-state index is 13.8. The van der Waals surface area contributed by atoms with E-state index in [4.69, 9.17) is 37.4 Å². The number of amides is 1. The van der Waals surface area contributed by atoms with Gasteiger partial charge in [0.25, 0.3) is 0 Å². The van der Waals surface area contributed by atoms with Gasteiger partial charge in [-0.2, -0.15) is 4.31 Å². The fourth-order valence-electron chi connectivity index (χ4n) is 6.92. The average molecular weight is 817 g/mol. The number of pyridine rings is 1. The number of hydrogen-bond donors (Lipinski definition) is 2. The van der Waals surface area contributed by atoms with Crippen molar-refractivity contribution in [2.75, 3.05) is 12.9 Å². The van der Waals surface area contributed by atoms with Crippen molar-refractivity contribution in [3.8, 4) is 28.4 Å². The van der Waals surface area contributed by atoms with Gasteiger partial charge in [0.05, 0.1) is 16.3 Å². The molecule has 290 valence electrons. The Bertz CT molecular complexity index is 2410. The minimum Gasteiger partial charge on any atom is -0.489 e. The third kappa shape index (κ3) is 8.63.